The van der Waals surface area contributed by atoms with Gasteiger partial charge in [-0.2, -0.15) is 14.9 Å². The van der Waals surface area contributed by atoms with Gasteiger partial charge >= 0.3 is 0 Å². The molecule has 3 rings (SSSR count). The Labute approximate surface area is 161 Å². The number of halogens is 1. The monoisotopic (exact) mass is 388 g/mol. The van der Waals surface area contributed by atoms with E-state index in [4.69, 9.17) is 33.3 Å². The van der Waals surface area contributed by atoms with Gasteiger partial charge in [-0.25, -0.2) is 5.10 Å². The molecule has 134 valence electrons. The van der Waals surface area contributed by atoms with Gasteiger partial charge in [0.1, 0.15) is 0 Å². The smallest absolute Gasteiger partial charge is 0.216 e. The second-order valence-corrected chi connectivity index (χ2v) is 6.26. The predicted molar refractivity (Wildman–Crippen MR) is 105 cm³/mol. The number of nitrogens with zero attached hydrogens (tertiary/aromatic N) is 3. The maximum absolute atomic E-state index is 6.24. The van der Waals surface area contributed by atoms with E-state index in [1.807, 2.05) is 31.2 Å². The Balaban J connectivity index is 2.03. The van der Waals surface area contributed by atoms with Gasteiger partial charge in [0.2, 0.25) is 4.77 Å². The van der Waals surface area contributed by atoms with Gasteiger partial charge in [0.25, 0.3) is 0 Å². The van der Waals surface area contributed by atoms with Crippen LogP contribution in [0.4, 0.5) is 0 Å². The number of aryl methyl sites for hydroxylation is 1. The van der Waals surface area contributed by atoms with Gasteiger partial charge in [-0.3, -0.25) is 0 Å². The molecule has 0 aliphatic carbocycles. The van der Waals surface area contributed by atoms with Crippen LogP contribution >= 0.6 is 23.8 Å². The summed E-state index contributed by atoms with van der Waals surface area (Å²) in [6.45, 7) is 2.01. The van der Waals surface area contributed by atoms with Crippen LogP contribution in [-0.4, -0.2) is 35.3 Å². The van der Waals surface area contributed by atoms with Crippen molar-refractivity contribution in [2.45, 2.75) is 6.92 Å². The van der Waals surface area contributed by atoms with Crippen molar-refractivity contribution in [2.24, 2.45) is 5.10 Å². The number of rotatable bonds is 5. The highest BCUT2D eigenvalue weighted by atomic mass is 35.5. The second-order valence-electron chi connectivity index (χ2n) is 5.46. The second kappa shape index (κ2) is 7.72. The Morgan fingerprint density at radius 1 is 1.23 bits per heavy atom. The number of hydrogen-bond donors (Lipinski definition) is 1. The van der Waals surface area contributed by atoms with Gasteiger partial charge in [0.15, 0.2) is 17.3 Å². The van der Waals surface area contributed by atoms with E-state index >= 15 is 0 Å². The van der Waals surface area contributed by atoms with Crippen LogP contribution in [0.25, 0.3) is 11.4 Å². The quantitative estimate of drug-likeness (QED) is 0.517. The van der Waals surface area contributed by atoms with Crippen molar-refractivity contribution in [3.63, 3.8) is 0 Å². The zero-order valence-corrected chi connectivity index (χ0v) is 16.1. The first-order chi connectivity index (χ1) is 12.5. The summed E-state index contributed by atoms with van der Waals surface area (Å²) in [7, 11) is 3.09. The number of aromatic nitrogens is 3. The van der Waals surface area contributed by atoms with Crippen LogP contribution in [-0.2, 0) is 0 Å². The third-order valence-electron chi connectivity index (χ3n) is 3.81. The van der Waals surface area contributed by atoms with E-state index in [-0.39, 0.29) is 0 Å². The molecule has 1 aromatic heterocycles. The standard InChI is InChI=1S/C18H17ClN4O2S/c1-11-6-4-5-7-13(11)17-21-22-18(26)23(17)20-10-12-8-14(19)16(25-3)15(9-12)24-2/h4-10H,1-3H3,(H,22,26)/b20-10+. The topological polar surface area (TPSA) is 64.4 Å². The first-order valence-electron chi connectivity index (χ1n) is 7.74. The molecule has 26 heavy (non-hydrogen) atoms. The predicted octanol–water partition coefficient (Wildman–Crippen LogP) is 4.47. The summed E-state index contributed by atoms with van der Waals surface area (Å²) >= 11 is 11.5. The minimum absolute atomic E-state index is 0.395. The molecule has 1 N–H and O–H groups in total. The van der Waals surface area contributed by atoms with Gasteiger partial charge in [0, 0.05) is 5.56 Å². The lowest BCUT2D eigenvalue weighted by Crippen LogP contribution is -1.97. The number of aromatic amines is 1. The summed E-state index contributed by atoms with van der Waals surface area (Å²) in [6, 6.07) is 11.4. The molecule has 0 spiro atoms. The number of methoxy groups -OCH3 is 2. The van der Waals surface area contributed by atoms with Gasteiger partial charge in [-0.1, -0.05) is 35.9 Å². The van der Waals surface area contributed by atoms with Gasteiger partial charge < -0.3 is 9.47 Å². The number of H-pyrrole nitrogens is 1. The molecule has 6 nitrogen and oxygen atoms in total. The number of hydrogen-bond acceptors (Lipinski definition) is 5. The average molecular weight is 389 g/mol. The molecule has 0 atom stereocenters. The van der Waals surface area contributed by atoms with Crippen LogP contribution in [0.15, 0.2) is 41.5 Å². The highest BCUT2D eigenvalue weighted by molar-refractivity contribution is 7.71. The largest absolute Gasteiger partial charge is 0.493 e. The molecule has 0 unspecified atom stereocenters. The lowest BCUT2D eigenvalue weighted by atomic mass is 10.1. The van der Waals surface area contributed by atoms with E-state index in [0.717, 1.165) is 16.7 Å². The van der Waals surface area contributed by atoms with Crippen molar-refractivity contribution in [1.82, 2.24) is 14.9 Å². The van der Waals surface area contributed by atoms with Crippen molar-refractivity contribution in [1.29, 1.82) is 0 Å². The zero-order valence-electron chi connectivity index (χ0n) is 14.5. The Hall–Kier alpha value is -2.64. The summed E-state index contributed by atoms with van der Waals surface area (Å²) in [5, 5.41) is 12.0. The number of ether oxygens (including phenoxy) is 2. The van der Waals surface area contributed by atoms with Crippen LogP contribution in [0.3, 0.4) is 0 Å². The molecule has 0 radical (unpaired) electrons. The molecule has 0 saturated carbocycles. The molecule has 0 aliphatic heterocycles. The Morgan fingerprint density at radius 2 is 2.00 bits per heavy atom. The Kier molecular flexibility index (Phi) is 5.39. The molecule has 0 amide bonds. The average Bonchev–Trinajstić information content (AvgIpc) is 3.00. The van der Waals surface area contributed by atoms with Crippen molar-refractivity contribution < 1.29 is 9.47 Å². The van der Waals surface area contributed by atoms with E-state index in [1.54, 1.807) is 30.1 Å². The number of benzene rings is 2. The highest BCUT2D eigenvalue weighted by Crippen LogP contribution is 2.35. The molecule has 8 heteroatoms. The molecular weight excluding hydrogens is 372 g/mol. The summed E-state index contributed by atoms with van der Waals surface area (Å²) < 4.78 is 12.5. The van der Waals surface area contributed by atoms with Crippen molar-refractivity contribution in [3.05, 3.63) is 57.3 Å². The maximum Gasteiger partial charge on any atom is 0.216 e. The van der Waals surface area contributed by atoms with E-state index < -0.39 is 0 Å². The van der Waals surface area contributed by atoms with Crippen LogP contribution in [0.5, 0.6) is 11.5 Å². The fourth-order valence-electron chi connectivity index (χ4n) is 2.53. The molecule has 0 fully saturated rings. The molecule has 0 aliphatic rings. The first kappa shape index (κ1) is 18.2. The Bertz CT molecular complexity index is 1030. The fraction of sp³-hybridized carbons (Fsp3) is 0.167. The lowest BCUT2D eigenvalue weighted by molar-refractivity contribution is 0.355. The van der Waals surface area contributed by atoms with Crippen molar-refractivity contribution in [2.75, 3.05) is 14.2 Å². The summed E-state index contributed by atoms with van der Waals surface area (Å²) in [5.41, 5.74) is 2.76. The minimum atomic E-state index is 0.395. The fourth-order valence-corrected chi connectivity index (χ4v) is 3.01. The van der Waals surface area contributed by atoms with Crippen molar-refractivity contribution >= 4 is 30.0 Å². The van der Waals surface area contributed by atoms with E-state index in [0.29, 0.717) is 27.1 Å². The molecule has 0 bridgehead atoms. The third kappa shape index (κ3) is 3.49. The first-order valence-corrected chi connectivity index (χ1v) is 8.53. The number of nitrogens with one attached hydrogen (secondary N) is 1. The van der Waals surface area contributed by atoms with Crippen LogP contribution in [0.2, 0.25) is 5.02 Å². The normalized spacial score (nSPS) is 11.1. The zero-order chi connectivity index (χ0) is 18.7. The molecule has 2 aromatic carbocycles. The van der Waals surface area contributed by atoms with E-state index in [9.17, 15) is 0 Å². The van der Waals surface area contributed by atoms with Crippen LogP contribution < -0.4 is 9.47 Å². The Morgan fingerprint density at radius 3 is 2.69 bits per heavy atom. The summed E-state index contributed by atoms with van der Waals surface area (Å²) in [5.74, 6) is 1.64. The lowest BCUT2D eigenvalue weighted by Gasteiger charge is -2.10. The SMILES string of the molecule is COc1cc(/C=N/n2c(-c3ccccc3C)n[nH]c2=S)cc(Cl)c1OC. The molecule has 0 saturated heterocycles. The van der Waals surface area contributed by atoms with E-state index in [2.05, 4.69) is 15.3 Å². The van der Waals surface area contributed by atoms with Crippen molar-refractivity contribution in [3.8, 4) is 22.9 Å². The third-order valence-corrected chi connectivity index (χ3v) is 4.36. The van der Waals surface area contributed by atoms with Gasteiger partial charge in [0.05, 0.1) is 25.5 Å². The molecular formula is C18H17ClN4O2S. The van der Waals surface area contributed by atoms with Gasteiger partial charge in [-0.15, -0.1) is 0 Å². The van der Waals surface area contributed by atoms with Gasteiger partial charge in [-0.05, 0) is 42.4 Å². The maximum atomic E-state index is 6.24. The summed E-state index contributed by atoms with van der Waals surface area (Å²) in [4.78, 5) is 0. The minimum Gasteiger partial charge on any atom is -0.493 e. The molecule has 3 aromatic rings. The van der Waals surface area contributed by atoms with E-state index in [1.165, 1.54) is 7.11 Å². The highest BCUT2D eigenvalue weighted by Gasteiger charge is 2.12. The van der Waals surface area contributed by atoms with Crippen LogP contribution in [0.1, 0.15) is 11.1 Å². The molecule has 1 heterocycles. The van der Waals surface area contributed by atoms with Crippen LogP contribution in [0, 0.1) is 11.7 Å². The summed E-state index contributed by atoms with van der Waals surface area (Å²) in [6.07, 6.45) is 1.64.